The van der Waals surface area contributed by atoms with Crippen molar-refractivity contribution in [2.75, 3.05) is 45.3 Å². The summed E-state index contributed by atoms with van der Waals surface area (Å²) in [6, 6.07) is 0. The summed E-state index contributed by atoms with van der Waals surface area (Å²) >= 11 is 5.77. The number of ether oxygens (including phenoxy) is 1. The predicted octanol–water partition coefficient (Wildman–Crippen LogP) is 1.58. The molecule has 1 fully saturated rings. The molecule has 3 nitrogen and oxygen atoms in total. The van der Waals surface area contributed by atoms with Gasteiger partial charge in [-0.05, 0) is 6.92 Å². The highest BCUT2D eigenvalue weighted by Crippen LogP contribution is 2.30. The van der Waals surface area contributed by atoms with Crippen LogP contribution in [0.25, 0.3) is 0 Å². The average molecular weight is 238 g/mol. The third kappa shape index (κ3) is 4.68. The fourth-order valence-corrected chi connectivity index (χ4v) is 1.88. The van der Waals surface area contributed by atoms with Gasteiger partial charge < -0.3 is 9.84 Å². The molecule has 0 saturated carbocycles. The minimum Gasteiger partial charge on any atom is -0.396 e. The summed E-state index contributed by atoms with van der Waals surface area (Å²) in [7, 11) is 0. The molecule has 4 heteroatoms. The second-order valence-electron chi connectivity index (χ2n) is 3.70. The van der Waals surface area contributed by atoms with Crippen molar-refractivity contribution >= 4 is 11.6 Å². The van der Waals surface area contributed by atoms with E-state index in [9.17, 15) is 0 Å². The fourth-order valence-electron chi connectivity index (χ4n) is 1.63. The van der Waals surface area contributed by atoms with E-state index in [-0.39, 0.29) is 12.0 Å². The maximum absolute atomic E-state index is 9.08. The van der Waals surface area contributed by atoms with Crippen LogP contribution in [0.2, 0.25) is 0 Å². The maximum atomic E-state index is 9.08. The van der Waals surface area contributed by atoms with Gasteiger partial charge in [0.1, 0.15) is 0 Å². The predicted molar refractivity (Wildman–Crippen MR) is 64.5 cm³/mol. The molecule has 0 unspecified atom stereocenters. The van der Waals surface area contributed by atoms with Crippen molar-refractivity contribution in [1.82, 2.24) is 4.90 Å². The summed E-state index contributed by atoms with van der Waals surface area (Å²) in [6.45, 7) is 10.5. The lowest BCUT2D eigenvalue weighted by atomic mass is 9.83. The van der Waals surface area contributed by atoms with E-state index in [4.69, 9.17) is 21.4 Å². The Morgan fingerprint density at radius 3 is 2.40 bits per heavy atom. The molecular formula is C11H24ClNO2. The Morgan fingerprint density at radius 1 is 1.40 bits per heavy atom. The van der Waals surface area contributed by atoms with Crippen LogP contribution in [0.5, 0.6) is 0 Å². The normalized spacial score (nSPS) is 19.0. The minimum atomic E-state index is -0.0340. The van der Waals surface area contributed by atoms with Crippen molar-refractivity contribution < 1.29 is 9.84 Å². The Morgan fingerprint density at radius 2 is 2.00 bits per heavy atom. The Hall–Kier alpha value is 0.170. The monoisotopic (exact) mass is 237 g/mol. The van der Waals surface area contributed by atoms with E-state index in [2.05, 4.69) is 4.90 Å². The first kappa shape index (κ1) is 15.2. The van der Waals surface area contributed by atoms with E-state index >= 15 is 0 Å². The van der Waals surface area contributed by atoms with Gasteiger partial charge in [-0.25, -0.2) is 0 Å². The standard InChI is InChI=1S/C9H18ClNO2.C2H6/c1-2-13-4-3-11-6-9(5-10,7-11)8-12;1-2/h12H,2-8H2,1H3;1-2H3. The van der Waals surface area contributed by atoms with Gasteiger partial charge in [0.05, 0.1) is 13.2 Å². The first-order valence-electron chi connectivity index (χ1n) is 5.73. The summed E-state index contributed by atoms with van der Waals surface area (Å²) in [5.74, 6) is 0.550. The topological polar surface area (TPSA) is 32.7 Å². The molecule has 15 heavy (non-hydrogen) atoms. The highest BCUT2D eigenvalue weighted by atomic mass is 35.5. The molecule has 1 aliphatic heterocycles. The summed E-state index contributed by atoms with van der Waals surface area (Å²) in [6.07, 6.45) is 0. The van der Waals surface area contributed by atoms with Crippen molar-refractivity contribution in [1.29, 1.82) is 0 Å². The van der Waals surface area contributed by atoms with Gasteiger partial charge in [-0.15, -0.1) is 11.6 Å². The lowest BCUT2D eigenvalue weighted by Crippen LogP contribution is -2.59. The van der Waals surface area contributed by atoms with Crippen LogP contribution >= 0.6 is 11.6 Å². The number of hydrogen-bond acceptors (Lipinski definition) is 3. The molecule has 0 bridgehead atoms. The SMILES string of the molecule is CC.CCOCCN1CC(CO)(CCl)C1. The van der Waals surface area contributed by atoms with Crippen LogP contribution in [0.3, 0.4) is 0 Å². The number of aliphatic hydroxyl groups excluding tert-OH is 1. The molecule has 1 rings (SSSR count). The zero-order valence-electron chi connectivity index (χ0n) is 10.1. The van der Waals surface area contributed by atoms with Crippen LogP contribution in [0.4, 0.5) is 0 Å². The molecule has 1 saturated heterocycles. The van der Waals surface area contributed by atoms with Crippen LogP contribution in [-0.4, -0.2) is 55.3 Å². The molecule has 0 aromatic heterocycles. The van der Waals surface area contributed by atoms with Crippen molar-refractivity contribution in [2.24, 2.45) is 5.41 Å². The first-order valence-corrected chi connectivity index (χ1v) is 6.27. The summed E-state index contributed by atoms with van der Waals surface area (Å²) in [4.78, 5) is 2.26. The minimum absolute atomic E-state index is 0.0340. The third-order valence-electron chi connectivity index (χ3n) is 2.49. The summed E-state index contributed by atoms with van der Waals surface area (Å²) in [5.41, 5.74) is -0.0340. The lowest BCUT2D eigenvalue weighted by molar-refractivity contribution is -0.0368. The highest BCUT2D eigenvalue weighted by molar-refractivity contribution is 6.18. The Bertz CT molecular complexity index is 144. The molecule has 1 heterocycles. The van der Waals surface area contributed by atoms with E-state index < -0.39 is 0 Å². The number of aliphatic hydroxyl groups is 1. The Balaban J connectivity index is 0.000000921. The van der Waals surface area contributed by atoms with Crippen molar-refractivity contribution in [3.05, 3.63) is 0 Å². The molecule has 92 valence electrons. The van der Waals surface area contributed by atoms with Crippen molar-refractivity contribution in [2.45, 2.75) is 20.8 Å². The van der Waals surface area contributed by atoms with E-state index in [1.165, 1.54) is 0 Å². The number of nitrogens with zero attached hydrogens (tertiary/aromatic N) is 1. The van der Waals surface area contributed by atoms with Crippen molar-refractivity contribution in [3.63, 3.8) is 0 Å². The fraction of sp³-hybridized carbons (Fsp3) is 1.00. The number of halogens is 1. The average Bonchev–Trinajstić information content (AvgIpc) is 2.25. The van der Waals surface area contributed by atoms with Gasteiger partial charge >= 0.3 is 0 Å². The molecule has 1 aliphatic rings. The maximum Gasteiger partial charge on any atom is 0.0593 e. The number of likely N-dealkylation sites (tertiary alicyclic amines) is 1. The number of hydrogen-bond donors (Lipinski definition) is 1. The van der Waals surface area contributed by atoms with Gasteiger partial charge in [0.25, 0.3) is 0 Å². The molecule has 0 spiro atoms. The molecule has 0 aromatic rings. The van der Waals surface area contributed by atoms with Crippen LogP contribution in [-0.2, 0) is 4.74 Å². The number of alkyl halides is 1. The summed E-state index contributed by atoms with van der Waals surface area (Å²) < 4.78 is 5.24. The first-order chi connectivity index (χ1) is 7.26. The zero-order chi connectivity index (χ0) is 11.7. The van der Waals surface area contributed by atoms with Crippen LogP contribution in [0, 0.1) is 5.41 Å². The van der Waals surface area contributed by atoms with Gasteiger partial charge in [-0.2, -0.15) is 0 Å². The Labute approximate surface area is 98.4 Å². The van der Waals surface area contributed by atoms with Gasteiger partial charge in [-0.1, -0.05) is 13.8 Å². The Kier molecular flexibility index (Phi) is 8.43. The third-order valence-corrected chi connectivity index (χ3v) is 3.06. The smallest absolute Gasteiger partial charge is 0.0593 e. The van der Waals surface area contributed by atoms with E-state index in [1.54, 1.807) is 0 Å². The highest BCUT2D eigenvalue weighted by Gasteiger charge is 2.41. The second kappa shape index (κ2) is 8.34. The molecule has 0 atom stereocenters. The van der Waals surface area contributed by atoms with Crippen LogP contribution in [0.15, 0.2) is 0 Å². The van der Waals surface area contributed by atoms with E-state index in [0.29, 0.717) is 5.88 Å². The van der Waals surface area contributed by atoms with Gasteiger partial charge in [0.2, 0.25) is 0 Å². The molecular weight excluding hydrogens is 214 g/mol. The van der Waals surface area contributed by atoms with Crippen LogP contribution < -0.4 is 0 Å². The van der Waals surface area contributed by atoms with Gasteiger partial charge in [0.15, 0.2) is 0 Å². The second-order valence-corrected chi connectivity index (χ2v) is 3.97. The van der Waals surface area contributed by atoms with Crippen LogP contribution in [0.1, 0.15) is 20.8 Å². The number of rotatable bonds is 6. The quantitative estimate of drug-likeness (QED) is 0.563. The van der Waals surface area contributed by atoms with Gasteiger partial charge in [-0.3, -0.25) is 4.90 Å². The van der Waals surface area contributed by atoms with E-state index in [1.807, 2.05) is 20.8 Å². The molecule has 0 amide bonds. The molecule has 0 aliphatic carbocycles. The molecule has 1 N–H and O–H groups in total. The largest absolute Gasteiger partial charge is 0.396 e. The molecule has 0 radical (unpaired) electrons. The van der Waals surface area contributed by atoms with Gasteiger partial charge in [0, 0.05) is 37.5 Å². The summed E-state index contributed by atoms with van der Waals surface area (Å²) in [5, 5.41) is 9.08. The lowest BCUT2D eigenvalue weighted by Gasteiger charge is -2.48. The molecule has 0 aromatic carbocycles. The zero-order valence-corrected chi connectivity index (χ0v) is 10.9. The van der Waals surface area contributed by atoms with Crippen molar-refractivity contribution in [3.8, 4) is 0 Å². The van der Waals surface area contributed by atoms with E-state index in [0.717, 1.165) is 32.8 Å².